The summed E-state index contributed by atoms with van der Waals surface area (Å²) in [6, 6.07) is 5.37. The molecule has 0 saturated carbocycles. The lowest BCUT2D eigenvalue weighted by Crippen LogP contribution is -2.58. The number of anilines is 1. The quantitative estimate of drug-likeness (QED) is 0.516. The third kappa shape index (κ3) is 5.76. The predicted molar refractivity (Wildman–Crippen MR) is 131 cm³/mol. The predicted octanol–water partition coefficient (Wildman–Crippen LogP) is 2.63. The number of benzene rings is 1. The summed E-state index contributed by atoms with van der Waals surface area (Å²) in [6.07, 6.45) is -5.03. The topological polar surface area (TPSA) is 131 Å². The molecule has 2 aliphatic heterocycles. The molecule has 0 radical (unpaired) electrons. The van der Waals surface area contributed by atoms with E-state index in [1.807, 2.05) is 20.8 Å². The van der Waals surface area contributed by atoms with Crippen molar-refractivity contribution in [2.45, 2.75) is 77.2 Å². The van der Waals surface area contributed by atoms with Gasteiger partial charge in [0.25, 0.3) is 0 Å². The Hall–Kier alpha value is -3.62. The number of nitrogens with one attached hydrogen (secondary N) is 3. The summed E-state index contributed by atoms with van der Waals surface area (Å²) in [6.45, 7) is 8.29. The number of fused-ring (bicyclic) bond motifs is 2. The van der Waals surface area contributed by atoms with Crippen molar-refractivity contribution in [3.63, 3.8) is 0 Å². The summed E-state index contributed by atoms with van der Waals surface area (Å²) in [7, 11) is 0. The number of rotatable bonds is 6. The summed E-state index contributed by atoms with van der Waals surface area (Å²) in [5.41, 5.74) is -0.369. The fourth-order valence-electron chi connectivity index (χ4n) is 5.02. The van der Waals surface area contributed by atoms with Crippen LogP contribution in [0, 0.1) is 22.7 Å². The number of carbonyl (C=O) groups is 4. The molecule has 4 atom stereocenters. The molecule has 0 bridgehead atoms. The molecule has 0 unspecified atom stereocenters. The van der Waals surface area contributed by atoms with Crippen LogP contribution in [0.25, 0.3) is 0 Å². The molecule has 0 aliphatic carbocycles. The molecule has 1 aromatic carbocycles. The minimum Gasteiger partial charge on any atom is -0.342 e. The fraction of sp³-hybridized carbons (Fsp3) is 0.577. The molecule has 38 heavy (non-hydrogen) atoms. The normalized spacial score (nSPS) is 22.5. The van der Waals surface area contributed by atoms with E-state index in [2.05, 4.69) is 16.7 Å². The summed E-state index contributed by atoms with van der Waals surface area (Å²) in [4.78, 5) is 52.8. The van der Waals surface area contributed by atoms with Crippen molar-refractivity contribution < 1.29 is 32.3 Å². The largest absolute Gasteiger partial charge is 0.471 e. The molecule has 9 nitrogen and oxygen atoms in total. The van der Waals surface area contributed by atoms with Crippen molar-refractivity contribution in [3.05, 3.63) is 29.8 Å². The van der Waals surface area contributed by atoms with E-state index in [0.29, 0.717) is 11.3 Å². The van der Waals surface area contributed by atoms with E-state index in [1.54, 1.807) is 29.6 Å². The number of nitriles is 1. The van der Waals surface area contributed by atoms with Crippen molar-refractivity contribution in [1.29, 1.82) is 5.26 Å². The maximum Gasteiger partial charge on any atom is 0.471 e. The van der Waals surface area contributed by atoms with Crippen molar-refractivity contribution in [1.82, 2.24) is 15.5 Å². The van der Waals surface area contributed by atoms with Crippen LogP contribution in [0.3, 0.4) is 0 Å². The lowest BCUT2D eigenvalue weighted by molar-refractivity contribution is -0.175. The minimum absolute atomic E-state index is 0.0600. The molecule has 1 aromatic rings. The monoisotopic (exact) mass is 535 g/mol. The van der Waals surface area contributed by atoms with Crippen LogP contribution in [-0.2, 0) is 24.6 Å². The van der Waals surface area contributed by atoms with Gasteiger partial charge in [-0.15, -0.1) is 0 Å². The van der Waals surface area contributed by atoms with E-state index in [9.17, 15) is 37.6 Å². The second kappa shape index (κ2) is 10.3. The number of likely N-dealkylation sites (tertiary alicyclic amines) is 1. The van der Waals surface area contributed by atoms with Crippen molar-refractivity contribution in [2.75, 3.05) is 11.9 Å². The minimum atomic E-state index is -5.18. The second-order valence-corrected chi connectivity index (χ2v) is 11.4. The van der Waals surface area contributed by atoms with E-state index in [4.69, 9.17) is 0 Å². The Labute approximate surface area is 219 Å². The van der Waals surface area contributed by atoms with E-state index >= 15 is 0 Å². The summed E-state index contributed by atoms with van der Waals surface area (Å²) < 4.78 is 38.6. The van der Waals surface area contributed by atoms with Crippen LogP contribution in [-0.4, -0.2) is 59.4 Å². The molecular weight excluding hydrogens is 503 g/mol. The highest BCUT2D eigenvalue weighted by atomic mass is 19.4. The van der Waals surface area contributed by atoms with E-state index in [1.165, 1.54) is 18.7 Å². The Morgan fingerprint density at radius 1 is 1.18 bits per heavy atom. The first-order chi connectivity index (χ1) is 17.5. The van der Waals surface area contributed by atoms with Gasteiger partial charge in [-0.05, 0) is 29.4 Å². The van der Waals surface area contributed by atoms with Crippen LogP contribution >= 0.6 is 0 Å². The maximum atomic E-state index is 13.8. The lowest BCUT2D eigenvalue weighted by atomic mass is 9.80. The Morgan fingerprint density at radius 2 is 1.82 bits per heavy atom. The van der Waals surface area contributed by atoms with E-state index < -0.39 is 58.8 Å². The SMILES string of the molecule is CC(C)[C@H](NC(=O)C(F)(F)F)C(=O)N[C@@H](CC(C)(C)C)C(=O)N1C[C@]2(C[C@H]1C#N)C(=O)Nc1ccccc12. The van der Waals surface area contributed by atoms with Gasteiger partial charge in [-0.2, -0.15) is 18.4 Å². The molecular formula is C26H32F3N5O4. The Morgan fingerprint density at radius 3 is 2.37 bits per heavy atom. The molecule has 1 spiro atoms. The van der Waals surface area contributed by atoms with Crippen LogP contribution in [0.2, 0.25) is 0 Å². The van der Waals surface area contributed by atoms with Gasteiger partial charge in [0, 0.05) is 18.7 Å². The first-order valence-corrected chi connectivity index (χ1v) is 12.3. The Kier molecular flexibility index (Phi) is 7.82. The van der Waals surface area contributed by atoms with Gasteiger partial charge in [-0.25, -0.2) is 0 Å². The van der Waals surface area contributed by atoms with E-state index in [-0.39, 0.29) is 25.3 Å². The number of alkyl halides is 3. The van der Waals surface area contributed by atoms with Gasteiger partial charge in [0.05, 0.1) is 11.5 Å². The highest BCUT2D eigenvalue weighted by Gasteiger charge is 2.56. The van der Waals surface area contributed by atoms with Gasteiger partial charge in [0.1, 0.15) is 18.1 Å². The highest BCUT2D eigenvalue weighted by Crippen LogP contribution is 2.46. The number of halogens is 3. The standard InChI is InChI=1S/C26H32F3N5O4/c1-14(2)19(33-23(38)26(27,28)29)20(35)31-18(11-24(3,4)5)21(36)34-13-25(10-15(34)12-30)16-8-6-7-9-17(16)32-22(25)37/h6-9,14-15,18-19H,10-11,13H2,1-5H3,(H,31,35)(H,32,37)(H,33,38)/t15-,18-,19-,25-/m0/s1. The molecule has 3 rings (SSSR count). The summed E-state index contributed by atoms with van der Waals surface area (Å²) in [5.74, 6) is -4.89. The van der Waals surface area contributed by atoms with Crippen LogP contribution < -0.4 is 16.0 Å². The molecule has 0 aromatic heterocycles. The highest BCUT2D eigenvalue weighted by molar-refractivity contribution is 6.07. The number of carbonyl (C=O) groups excluding carboxylic acids is 4. The third-order valence-electron chi connectivity index (χ3n) is 6.84. The molecule has 3 N–H and O–H groups in total. The zero-order valence-electron chi connectivity index (χ0n) is 21.9. The molecule has 2 heterocycles. The van der Waals surface area contributed by atoms with Crippen molar-refractivity contribution in [2.24, 2.45) is 11.3 Å². The molecule has 206 valence electrons. The number of hydrogen-bond acceptors (Lipinski definition) is 5. The van der Waals surface area contributed by atoms with Gasteiger partial charge < -0.3 is 20.9 Å². The average molecular weight is 536 g/mol. The van der Waals surface area contributed by atoms with Crippen molar-refractivity contribution in [3.8, 4) is 6.07 Å². The zero-order valence-corrected chi connectivity index (χ0v) is 21.9. The van der Waals surface area contributed by atoms with Gasteiger partial charge in [0.15, 0.2) is 0 Å². The molecule has 1 saturated heterocycles. The molecule has 12 heteroatoms. The Bertz CT molecular complexity index is 1170. The molecule has 2 aliphatic rings. The van der Waals surface area contributed by atoms with Crippen molar-refractivity contribution >= 4 is 29.3 Å². The molecule has 4 amide bonds. The van der Waals surface area contributed by atoms with E-state index in [0.717, 1.165) is 0 Å². The average Bonchev–Trinajstić information content (AvgIpc) is 3.32. The second-order valence-electron chi connectivity index (χ2n) is 11.4. The van der Waals surface area contributed by atoms with Crippen LogP contribution in [0.4, 0.5) is 18.9 Å². The lowest BCUT2D eigenvalue weighted by Gasteiger charge is -2.32. The number of hydrogen-bond donors (Lipinski definition) is 3. The first kappa shape index (κ1) is 28.9. The number of para-hydroxylation sites is 1. The van der Waals surface area contributed by atoms with Crippen LogP contribution in [0.1, 0.15) is 53.0 Å². The van der Waals surface area contributed by atoms with Gasteiger partial charge in [0.2, 0.25) is 17.7 Å². The summed E-state index contributed by atoms with van der Waals surface area (Å²) >= 11 is 0. The van der Waals surface area contributed by atoms with Gasteiger partial charge >= 0.3 is 12.1 Å². The number of nitrogens with zero attached hydrogens (tertiary/aromatic N) is 2. The zero-order chi connectivity index (χ0) is 28.6. The fourth-order valence-corrected chi connectivity index (χ4v) is 5.02. The number of amides is 4. The Balaban J connectivity index is 1.90. The smallest absolute Gasteiger partial charge is 0.342 e. The van der Waals surface area contributed by atoms with Gasteiger partial charge in [-0.3, -0.25) is 19.2 Å². The van der Waals surface area contributed by atoms with Gasteiger partial charge in [-0.1, -0.05) is 52.8 Å². The summed E-state index contributed by atoms with van der Waals surface area (Å²) in [5, 5.41) is 16.9. The maximum absolute atomic E-state index is 13.8. The van der Waals surface area contributed by atoms with Crippen LogP contribution in [0.15, 0.2) is 24.3 Å². The first-order valence-electron chi connectivity index (χ1n) is 12.3. The molecule has 1 fully saturated rings. The van der Waals surface area contributed by atoms with Crippen LogP contribution in [0.5, 0.6) is 0 Å². The third-order valence-corrected chi connectivity index (χ3v) is 6.84.